The molecule has 8 nitrogen and oxygen atoms in total. The molecule has 178 valence electrons. The van der Waals surface area contributed by atoms with Gasteiger partial charge in [-0.15, -0.1) is 0 Å². The molecular formula is C22H25F2N3O5S. The monoisotopic (exact) mass is 481 g/mol. The van der Waals surface area contributed by atoms with Crippen molar-refractivity contribution in [3.63, 3.8) is 0 Å². The molecule has 1 fully saturated rings. The van der Waals surface area contributed by atoms with E-state index in [1.807, 2.05) is 0 Å². The van der Waals surface area contributed by atoms with Gasteiger partial charge in [0.05, 0.1) is 18.6 Å². The lowest BCUT2D eigenvalue weighted by molar-refractivity contribution is 0.0535. The fraction of sp³-hybridized carbons (Fsp3) is 0.364. The van der Waals surface area contributed by atoms with Crippen LogP contribution >= 0.6 is 0 Å². The molecule has 0 radical (unpaired) electrons. The molecule has 33 heavy (non-hydrogen) atoms. The average molecular weight is 482 g/mol. The predicted molar refractivity (Wildman–Crippen MR) is 119 cm³/mol. The van der Waals surface area contributed by atoms with Crippen LogP contribution in [0.3, 0.4) is 0 Å². The smallest absolute Gasteiger partial charge is 0.254 e. The largest absolute Gasteiger partial charge is 0.495 e. The van der Waals surface area contributed by atoms with Crippen molar-refractivity contribution in [3.05, 3.63) is 59.2 Å². The zero-order valence-electron chi connectivity index (χ0n) is 18.3. The molecule has 2 aromatic rings. The van der Waals surface area contributed by atoms with Crippen LogP contribution in [0.1, 0.15) is 34.1 Å². The second-order valence-corrected chi connectivity index (χ2v) is 9.39. The Morgan fingerprint density at radius 3 is 2.00 bits per heavy atom. The number of methoxy groups -OCH3 is 1. The second-order valence-electron chi connectivity index (χ2n) is 7.55. The van der Waals surface area contributed by atoms with Crippen molar-refractivity contribution in [2.24, 2.45) is 0 Å². The summed E-state index contributed by atoms with van der Waals surface area (Å²) in [6, 6.07) is 7.43. The number of hydrogen-bond acceptors (Lipinski definition) is 5. The quantitative estimate of drug-likeness (QED) is 0.656. The van der Waals surface area contributed by atoms with Crippen molar-refractivity contribution in [3.8, 4) is 5.75 Å². The van der Waals surface area contributed by atoms with E-state index in [-0.39, 0.29) is 54.8 Å². The van der Waals surface area contributed by atoms with Gasteiger partial charge in [0.1, 0.15) is 5.75 Å². The van der Waals surface area contributed by atoms with Gasteiger partial charge in [0.15, 0.2) is 11.6 Å². The number of anilines is 1. The number of piperazine rings is 1. The first-order valence-corrected chi connectivity index (χ1v) is 12.0. The van der Waals surface area contributed by atoms with Gasteiger partial charge in [0.25, 0.3) is 11.8 Å². The lowest BCUT2D eigenvalue weighted by atomic mass is 10.1. The van der Waals surface area contributed by atoms with Crippen LogP contribution in [0.4, 0.5) is 14.5 Å². The molecule has 1 heterocycles. The number of sulfonamides is 1. The molecule has 0 bridgehead atoms. The molecule has 1 saturated heterocycles. The highest BCUT2D eigenvalue weighted by molar-refractivity contribution is 7.92. The van der Waals surface area contributed by atoms with Gasteiger partial charge in [0.2, 0.25) is 10.0 Å². The Hall–Kier alpha value is -3.21. The molecule has 0 aliphatic carbocycles. The Morgan fingerprint density at radius 1 is 0.939 bits per heavy atom. The minimum atomic E-state index is -3.52. The fourth-order valence-corrected chi connectivity index (χ4v) is 4.65. The van der Waals surface area contributed by atoms with E-state index in [1.165, 1.54) is 36.3 Å². The molecule has 0 atom stereocenters. The zero-order valence-corrected chi connectivity index (χ0v) is 19.1. The van der Waals surface area contributed by atoms with E-state index >= 15 is 0 Å². The molecule has 1 aliphatic rings. The summed E-state index contributed by atoms with van der Waals surface area (Å²) in [6.07, 6.45) is 0.457. The Labute approximate surface area is 191 Å². The molecular weight excluding hydrogens is 456 g/mol. The molecule has 2 amide bonds. The maximum Gasteiger partial charge on any atom is 0.254 e. The Kier molecular flexibility index (Phi) is 7.52. The van der Waals surface area contributed by atoms with E-state index in [0.29, 0.717) is 12.0 Å². The standard InChI is InChI=1S/C22H25F2N3O5S/c1-3-12-33(30,31)25-19-7-5-16(14-20(19)32-2)22(29)27-10-8-26(9-11-27)21(28)15-4-6-17(23)18(24)13-15/h4-7,13-14,25H,3,8-12H2,1-2H3. The molecule has 11 heteroatoms. The summed E-state index contributed by atoms with van der Waals surface area (Å²) in [4.78, 5) is 28.5. The molecule has 2 aromatic carbocycles. The molecule has 0 saturated carbocycles. The number of amides is 2. The summed E-state index contributed by atoms with van der Waals surface area (Å²) in [5.41, 5.74) is 0.592. The average Bonchev–Trinajstić information content (AvgIpc) is 2.80. The SMILES string of the molecule is CCCS(=O)(=O)Nc1ccc(C(=O)N2CCN(C(=O)c3ccc(F)c(F)c3)CC2)cc1OC. The van der Waals surface area contributed by atoms with Gasteiger partial charge in [-0.05, 0) is 42.8 Å². The van der Waals surface area contributed by atoms with Crippen molar-refractivity contribution < 1.29 is 31.5 Å². The van der Waals surface area contributed by atoms with E-state index in [2.05, 4.69) is 4.72 Å². The van der Waals surface area contributed by atoms with Crippen LogP contribution in [0.15, 0.2) is 36.4 Å². The first kappa shape index (κ1) is 24.4. The van der Waals surface area contributed by atoms with Crippen LogP contribution < -0.4 is 9.46 Å². The molecule has 0 aromatic heterocycles. The summed E-state index contributed by atoms with van der Waals surface area (Å²) in [5, 5.41) is 0. The summed E-state index contributed by atoms with van der Waals surface area (Å²) in [5.74, 6) is -2.68. The summed E-state index contributed by atoms with van der Waals surface area (Å²) < 4.78 is 58.3. The van der Waals surface area contributed by atoms with Gasteiger partial charge in [-0.2, -0.15) is 0 Å². The minimum Gasteiger partial charge on any atom is -0.495 e. The van der Waals surface area contributed by atoms with Gasteiger partial charge in [-0.1, -0.05) is 6.92 Å². The lowest BCUT2D eigenvalue weighted by Gasteiger charge is -2.35. The highest BCUT2D eigenvalue weighted by Gasteiger charge is 2.26. The molecule has 0 unspecified atom stereocenters. The normalized spacial score (nSPS) is 14.2. The maximum absolute atomic E-state index is 13.4. The summed E-state index contributed by atoms with van der Waals surface area (Å²) >= 11 is 0. The fourth-order valence-electron chi connectivity index (χ4n) is 3.50. The number of carbonyl (C=O) groups is 2. The van der Waals surface area contributed by atoms with Crippen LogP contribution in [-0.4, -0.2) is 69.1 Å². The van der Waals surface area contributed by atoms with Crippen LogP contribution in [-0.2, 0) is 10.0 Å². The number of rotatable bonds is 7. The van der Waals surface area contributed by atoms with Gasteiger partial charge in [-0.25, -0.2) is 17.2 Å². The highest BCUT2D eigenvalue weighted by Crippen LogP contribution is 2.27. The van der Waals surface area contributed by atoms with E-state index < -0.39 is 27.6 Å². The number of ether oxygens (including phenoxy) is 1. The van der Waals surface area contributed by atoms with E-state index in [0.717, 1.165) is 12.1 Å². The Balaban J connectivity index is 1.66. The number of hydrogen-bond donors (Lipinski definition) is 1. The minimum absolute atomic E-state index is 0.0373. The van der Waals surface area contributed by atoms with Crippen molar-refractivity contribution in [1.82, 2.24) is 9.80 Å². The van der Waals surface area contributed by atoms with Gasteiger partial charge in [0, 0.05) is 37.3 Å². The number of carbonyl (C=O) groups excluding carboxylic acids is 2. The molecule has 0 spiro atoms. The predicted octanol–water partition coefficient (Wildman–Crippen LogP) is 2.72. The summed E-state index contributed by atoms with van der Waals surface area (Å²) in [7, 11) is -2.14. The van der Waals surface area contributed by atoms with Crippen LogP contribution in [0.5, 0.6) is 5.75 Å². The zero-order chi connectivity index (χ0) is 24.2. The van der Waals surface area contributed by atoms with E-state index in [1.54, 1.807) is 11.8 Å². The number of nitrogens with one attached hydrogen (secondary N) is 1. The van der Waals surface area contributed by atoms with Crippen LogP contribution in [0.25, 0.3) is 0 Å². The molecule has 3 rings (SSSR count). The van der Waals surface area contributed by atoms with Crippen molar-refractivity contribution in [2.75, 3.05) is 43.8 Å². The Morgan fingerprint density at radius 2 is 1.48 bits per heavy atom. The second kappa shape index (κ2) is 10.2. The first-order valence-electron chi connectivity index (χ1n) is 10.4. The lowest BCUT2D eigenvalue weighted by Crippen LogP contribution is -2.50. The number of benzene rings is 2. The molecule has 1 N–H and O–H groups in total. The summed E-state index contributed by atoms with van der Waals surface area (Å²) in [6.45, 7) is 2.72. The number of halogens is 2. The highest BCUT2D eigenvalue weighted by atomic mass is 32.2. The first-order chi connectivity index (χ1) is 15.6. The van der Waals surface area contributed by atoms with Crippen molar-refractivity contribution in [1.29, 1.82) is 0 Å². The van der Waals surface area contributed by atoms with Gasteiger partial charge < -0.3 is 14.5 Å². The van der Waals surface area contributed by atoms with Crippen LogP contribution in [0.2, 0.25) is 0 Å². The Bertz CT molecular complexity index is 1150. The van der Waals surface area contributed by atoms with Crippen molar-refractivity contribution >= 4 is 27.5 Å². The third kappa shape index (κ3) is 5.78. The third-order valence-electron chi connectivity index (χ3n) is 5.21. The molecule has 1 aliphatic heterocycles. The van der Waals surface area contributed by atoms with Crippen molar-refractivity contribution in [2.45, 2.75) is 13.3 Å². The third-order valence-corrected chi connectivity index (χ3v) is 6.68. The number of nitrogens with zero attached hydrogens (tertiary/aromatic N) is 2. The maximum atomic E-state index is 13.4. The van der Waals surface area contributed by atoms with Gasteiger partial charge >= 0.3 is 0 Å². The van der Waals surface area contributed by atoms with E-state index in [4.69, 9.17) is 4.74 Å². The van der Waals surface area contributed by atoms with Gasteiger partial charge in [-0.3, -0.25) is 14.3 Å². The topological polar surface area (TPSA) is 96.0 Å². The van der Waals surface area contributed by atoms with Crippen LogP contribution in [0, 0.1) is 11.6 Å². The van der Waals surface area contributed by atoms with E-state index in [9.17, 15) is 26.8 Å².